The molecular weight excluding hydrogens is 525 g/mol. The van der Waals surface area contributed by atoms with Crippen molar-refractivity contribution in [3.8, 4) is 0 Å². The number of halogens is 1. The number of guanidine groups is 1. The predicted molar refractivity (Wildman–Crippen MR) is 146 cm³/mol. The van der Waals surface area contributed by atoms with Crippen LogP contribution in [0.25, 0.3) is 0 Å². The van der Waals surface area contributed by atoms with E-state index in [4.69, 9.17) is 9.72 Å². The van der Waals surface area contributed by atoms with Gasteiger partial charge in [0.1, 0.15) is 5.82 Å². The van der Waals surface area contributed by atoms with Crippen molar-refractivity contribution in [2.24, 2.45) is 16.8 Å². The summed E-state index contributed by atoms with van der Waals surface area (Å²) in [6.45, 7) is 8.79. The number of benzene rings is 1. The molecule has 4 rings (SSSR count). The molecule has 7 heteroatoms. The maximum absolute atomic E-state index is 5.96. The normalized spacial score (nSPS) is 19.5. The number of likely N-dealkylation sites (tertiary alicyclic amines) is 1. The fraction of sp³-hybridized carbons (Fsp3) is 0.538. The van der Waals surface area contributed by atoms with Crippen molar-refractivity contribution < 1.29 is 4.74 Å². The smallest absolute Gasteiger partial charge is 0.193 e. The number of aromatic nitrogens is 1. The average Bonchev–Trinajstić information content (AvgIpc) is 3.30. The molecule has 6 nitrogen and oxygen atoms in total. The minimum atomic E-state index is 0. The van der Waals surface area contributed by atoms with E-state index in [2.05, 4.69) is 63.4 Å². The highest BCUT2D eigenvalue weighted by atomic mass is 127. The molecule has 0 aliphatic carbocycles. The summed E-state index contributed by atoms with van der Waals surface area (Å²) in [5.41, 5.74) is 2.41. The number of aliphatic imine (C=N–C) groups is 1. The highest BCUT2D eigenvalue weighted by Crippen LogP contribution is 2.21. The maximum atomic E-state index is 5.96. The molecule has 180 valence electrons. The lowest BCUT2D eigenvalue weighted by atomic mass is 9.99. The van der Waals surface area contributed by atoms with Crippen LogP contribution in [-0.2, 0) is 17.9 Å². The van der Waals surface area contributed by atoms with E-state index in [0.29, 0.717) is 12.5 Å². The van der Waals surface area contributed by atoms with E-state index < -0.39 is 0 Å². The molecule has 2 aliphatic heterocycles. The molecule has 3 heterocycles. The van der Waals surface area contributed by atoms with E-state index in [1.165, 1.54) is 24.0 Å². The van der Waals surface area contributed by atoms with Gasteiger partial charge in [-0.1, -0.05) is 43.3 Å². The quantitative estimate of drug-likeness (QED) is 0.305. The third-order valence-corrected chi connectivity index (χ3v) is 6.63. The van der Waals surface area contributed by atoms with Gasteiger partial charge in [0.15, 0.2) is 5.96 Å². The highest BCUT2D eigenvalue weighted by Gasteiger charge is 2.25. The molecule has 2 aromatic rings. The Morgan fingerprint density at radius 3 is 2.55 bits per heavy atom. The number of rotatable bonds is 7. The molecular formula is C26H38IN5O. The summed E-state index contributed by atoms with van der Waals surface area (Å²) in [4.78, 5) is 14.0. The van der Waals surface area contributed by atoms with Gasteiger partial charge in [-0.05, 0) is 42.4 Å². The van der Waals surface area contributed by atoms with Gasteiger partial charge in [0.25, 0.3) is 0 Å². The summed E-state index contributed by atoms with van der Waals surface area (Å²) >= 11 is 0. The molecule has 1 aromatic heterocycles. The molecule has 0 bridgehead atoms. The second kappa shape index (κ2) is 13.1. The summed E-state index contributed by atoms with van der Waals surface area (Å²) in [5, 5.41) is 3.52. The van der Waals surface area contributed by atoms with Crippen LogP contribution in [0.1, 0.15) is 37.3 Å². The van der Waals surface area contributed by atoms with Crippen LogP contribution in [0.4, 0.5) is 5.82 Å². The Kier molecular flexibility index (Phi) is 10.2. The zero-order valence-electron chi connectivity index (χ0n) is 19.9. The van der Waals surface area contributed by atoms with Crippen molar-refractivity contribution in [3.63, 3.8) is 0 Å². The maximum Gasteiger partial charge on any atom is 0.193 e. The van der Waals surface area contributed by atoms with Crippen molar-refractivity contribution in [3.05, 3.63) is 59.8 Å². The van der Waals surface area contributed by atoms with Gasteiger partial charge in [0, 0.05) is 51.9 Å². The van der Waals surface area contributed by atoms with Gasteiger partial charge in [-0.15, -0.1) is 24.0 Å². The first-order valence-corrected chi connectivity index (χ1v) is 12.0. The van der Waals surface area contributed by atoms with Crippen LogP contribution in [-0.4, -0.2) is 55.7 Å². The Balaban J connectivity index is 0.00000306. The molecule has 2 saturated heterocycles. The van der Waals surface area contributed by atoms with Gasteiger partial charge in [-0.2, -0.15) is 0 Å². The summed E-state index contributed by atoms with van der Waals surface area (Å²) in [7, 11) is 1.86. The number of nitrogens with zero attached hydrogens (tertiary/aromatic N) is 4. The minimum Gasteiger partial charge on any atom is -0.376 e. The topological polar surface area (TPSA) is 53.0 Å². The number of hydrogen-bond donors (Lipinski definition) is 1. The molecule has 0 amide bonds. The fourth-order valence-corrected chi connectivity index (χ4v) is 4.54. The Labute approximate surface area is 215 Å². The van der Waals surface area contributed by atoms with Crippen molar-refractivity contribution in [1.82, 2.24) is 15.2 Å². The number of hydrogen-bond acceptors (Lipinski definition) is 4. The average molecular weight is 564 g/mol. The van der Waals surface area contributed by atoms with Crippen LogP contribution in [0, 0.1) is 11.8 Å². The van der Waals surface area contributed by atoms with E-state index in [1.807, 2.05) is 19.3 Å². The van der Waals surface area contributed by atoms with Crippen LogP contribution >= 0.6 is 24.0 Å². The number of anilines is 1. The van der Waals surface area contributed by atoms with Crippen LogP contribution in [0.3, 0.4) is 0 Å². The molecule has 0 spiro atoms. The molecule has 1 atom stereocenters. The lowest BCUT2D eigenvalue weighted by Crippen LogP contribution is -2.39. The molecule has 1 N–H and O–H groups in total. The second-order valence-electron chi connectivity index (χ2n) is 9.20. The van der Waals surface area contributed by atoms with Crippen molar-refractivity contribution in [2.45, 2.75) is 39.3 Å². The van der Waals surface area contributed by atoms with Gasteiger partial charge < -0.3 is 19.9 Å². The third-order valence-electron chi connectivity index (χ3n) is 6.63. The van der Waals surface area contributed by atoms with Crippen molar-refractivity contribution in [2.75, 3.05) is 44.7 Å². The molecule has 1 unspecified atom stereocenters. The molecule has 2 aliphatic rings. The Bertz CT molecular complexity index is 853. The molecule has 1 aromatic carbocycles. The standard InChI is InChI=1S/C26H37N5O.HI/c1-21-10-13-30(14-11-21)25-9-8-23(16-28-25)17-29-26(27-2)31-15-12-24(18-31)20-32-19-22-6-4-3-5-7-22;/h3-9,16,21,24H,10-15,17-20H2,1-2H3,(H,27,29);1H. The lowest BCUT2D eigenvalue weighted by molar-refractivity contribution is 0.0906. The van der Waals surface area contributed by atoms with E-state index in [-0.39, 0.29) is 24.0 Å². The van der Waals surface area contributed by atoms with E-state index >= 15 is 0 Å². The van der Waals surface area contributed by atoms with Crippen LogP contribution in [0.5, 0.6) is 0 Å². The lowest BCUT2D eigenvalue weighted by Gasteiger charge is -2.31. The van der Waals surface area contributed by atoms with E-state index in [9.17, 15) is 0 Å². The zero-order chi connectivity index (χ0) is 22.2. The van der Waals surface area contributed by atoms with Crippen LogP contribution < -0.4 is 10.2 Å². The molecule has 0 saturated carbocycles. The summed E-state index contributed by atoms with van der Waals surface area (Å²) < 4.78 is 5.96. The summed E-state index contributed by atoms with van der Waals surface area (Å²) in [5.74, 6) is 3.44. The highest BCUT2D eigenvalue weighted by molar-refractivity contribution is 14.0. The number of nitrogens with one attached hydrogen (secondary N) is 1. The van der Waals surface area contributed by atoms with Crippen LogP contribution in [0.15, 0.2) is 53.7 Å². The number of piperidine rings is 1. The Morgan fingerprint density at radius 2 is 1.85 bits per heavy atom. The number of ether oxygens (including phenoxy) is 1. The zero-order valence-corrected chi connectivity index (χ0v) is 22.3. The van der Waals surface area contributed by atoms with Gasteiger partial charge >= 0.3 is 0 Å². The van der Waals surface area contributed by atoms with Gasteiger partial charge in [-0.3, -0.25) is 4.99 Å². The number of pyridine rings is 1. The van der Waals surface area contributed by atoms with E-state index in [0.717, 1.165) is 63.4 Å². The summed E-state index contributed by atoms with van der Waals surface area (Å²) in [6.07, 6.45) is 5.66. The first-order chi connectivity index (χ1) is 15.7. The van der Waals surface area contributed by atoms with Crippen molar-refractivity contribution in [1.29, 1.82) is 0 Å². The predicted octanol–water partition coefficient (Wildman–Crippen LogP) is 4.55. The van der Waals surface area contributed by atoms with Gasteiger partial charge in [0.2, 0.25) is 0 Å². The van der Waals surface area contributed by atoms with E-state index in [1.54, 1.807) is 0 Å². The first kappa shape index (κ1) is 25.7. The largest absolute Gasteiger partial charge is 0.376 e. The fourth-order valence-electron chi connectivity index (χ4n) is 4.54. The van der Waals surface area contributed by atoms with Gasteiger partial charge in [0.05, 0.1) is 13.2 Å². The van der Waals surface area contributed by atoms with Crippen LogP contribution in [0.2, 0.25) is 0 Å². The molecule has 2 fully saturated rings. The minimum absolute atomic E-state index is 0. The molecule has 33 heavy (non-hydrogen) atoms. The SMILES string of the molecule is CN=C(NCc1ccc(N2CCC(C)CC2)nc1)N1CCC(COCc2ccccc2)C1.I. The molecule has 0 radical (unpaired) electrons. The third kappa shape index (κ3) is 7.57. The first-order valence-electron chi connectivity index (χ1n) is 12.0. The Hall–Kier alpha value is -1.87. The summed E-state index contributed by atoms with van der Waals surface area (Å²) in [6, 6.07) is 14.7. The van der Waals surface area contributed by atoms with Gasteiger partial charge in [-0.25, -0.2) is 4.98 Å². The monoisotopic (exact) mass is 563 g/mol. The second-order valence-corrected chi connectivity index (χ2v) is 9.20. The van der Waals surface area contributed by atoms with Crippen molar-refractivity contribution >= 4 is 35.8 Å². The Morgan fingerprint density at radius 1 is 1.06 bits per heavy atom.